The van der Waals surface area contributed by atoms with Crippen molar-refractivity contribution in [2.75, 3.05) is 29.9 Å². The van der Waals surface area contributed by atoms with Crippen LogP contribution in [-0.4, -0.2) is 52.0 Å². The maximum absolute atomic E-state index is 12.7. The highest BCUT2D eigenvalue weighted by Gasteiger charge is 2.28. The number of pyridine rings is 1. The van der Waals surface area contributed by atoms with E-state index in [2.05, 4.69) is 42.1 Å². The fourth-order valence-corrected chi connectivity index (χ4v) is 4.38. The molecule has 1 aliphatic rings. The van der Waals surface area contributed by atoms with E-state index in [4.69, 9.17) is 0 Å². The first-order chi connectivity index (χ1) is 16.1. The van der Waals surface area contributed by atoms with Gasteiger partial charge in [-0.1, -0.05) is 30.3 Å². The number of aromatic nitrogens is 4. The van der Waals surface area contributed by atoms with Crippen molar-refractivity contribution in [3.05, 3.63) is 78.4 Å². The van der Waals surface area contributed by atoms with Crippen LogP contribution in [0.4, 0.5) is 11.6 Å². The second-order valence-corrected chi connectivity index (χ2v) is 8.45. The number of amides is 1. The number of rotatable bonds is 6. The summed E-state index contributed by atoms with van der Waals surface area (Å²) < 4.78 is 0. The maximum atomic E-state index is 12.7. The van der Waals surface area contributed by atoms with E-state index in [1.165, 1.54) is 0 Å². The number of carbonyl (C=O) groups excluding carboxylic acids is 1. The highest BCUT2D eigenvalue weighted by atomic mass is 16.1. The van der Waals surface area contributed by atoms with Crippen LogP contribution in [0.3, 0.4) is 0 Å². The van der Waals surface area contributed by atoms with E-state index in [1.807, 2.05) is 61.7 Å². The summed E-state index contributed by atoms with van der Waals surface area (Å²) in [5.41, 5.74) is 2.48. The van der Waals surface area contributed by atoms with Crippen molar-refractivity contribution in [1.29, 1.82) is 0 Å². The smallest absolute Gasteiger partial charge is 0.253 e. The third kappa shape index (κ3) is 4.24. The lowest BCUT2D eigenvalue weighted by Crippen LogP contribution is -2.35. The molecule has 0 aliphatic carbocycles. The number of nitrogens with one attached hydrogen (secondary N) is 2. The molecule has 5 rings (SSSR count). The number of H-pyrrole nitrogens is 1. The van der Waals surface area contributed by atoms with E-state index < -0.39 is 0 Å². The molecule has 8 heteroatoms. The number of aromatic amines is 1. The predicted octanol–water partition coefficient (Wildman–Crippen LogP) is 3.56. The molecular formula is C25H27N7O. The van der Waals surface area contributed by atoms with Crippen molar-refractivity contribution in [1.82, 2.24) is 25.3 Å². The average molecular weight is 442 g/mol. The molecule has 1 aliphatic heterocycles. The van der Waals surface area contributed by atoms with Crippen molar-refractivity contribution in [3.8, 4) is 0 Å². The number of hydrogen-bond donors (Lipinski definition) is 2. The molecule has 4 heterocycles. The molecule has 0 saturated carbocycles. The van der Waals surface area contributed by atoms with Gasteiger partial charge in [-0.05, 0) is 37.1 Å². The first kappa shape index (κ1) is 20.9. The van der Waals surface area contributed by atoms with Crippen molar-refractivity contribution < 1.29 is 4.79 Å². The van der Waals surface area contributed by atoms with Crippen molar-refractivity contribution in [2.24, 2.45) is 0 Å². The molecule has 0 radical (unpaired) electrons. The standard InChI is InChI=1S/C25H27N7O/c1-17(18-6-4-3-5-7-18)30-25(33)19-8-9-22(27-14-19)31(2)20-11-13-32(15-20)24-21-10-12-26-23(21)28-16-29-24/h3-10,12,14,16-17,20H,11,13,15H2,1-2H3,(H,30,33)(H,26,28,29)/t17?,20-/m1/s1. The molecule has 4 aromatic rings. The second-order valence-electron chi connectivity index (χ2n) is 8.45. The van der Waals surface area contributed by atoms with Crippen LogP contribution < -0.4 is 15.1 Å². The zero-order valence-corrected chi connectivity index (χ0v) is 18.8. The second kappa shape index (κ2) is 8.90. The van der Waals surface area contributed by atoms with Crippen LogP contribution >= 0.6 is 0 Å². The number of fused-ring (bicyclic) bond motifs is 1. The minimum absolute atomic E-state index is 0.0705. The first-order valence-corrected chi connectivity index (χ1v) is 11.2. The molecule has 8 nitrogen and oxygen atoms in total. The highest BCUT2D eigenvalue weighted by Crippen LogP contribution is 2.28. The molecule has 168 valence electrons. The summed E-state index contributed by atoms with van der Waals surface area (Å²) in [5.74, 6) is 1.69. The fourth-order valence-electron chi connectivity index (χ4n) is 4.38. The summed E-state index contributed by atoms with van der Waals surface area (Å²) in [6.45, 7) is 3.75. The summed E-state index contributed by atoms with van der Waals surface area (Å²) in [4.78, 5) is 33.7. The fraction of sp³-hybridized carbons (Fsp3) is 0.280. The monoisotopic (exact) mass is 441 g/mol. The highest BCUT2D eigenvalue weighted by molar-refractivity contribution is 5.94. The topological polar surface area (TPSA) is 90.0 Å². The van der Waals surface area contributed by atoms with Gasteiger partial charge in [0.1, 0.15) is 23.6 Å². The van der Waals surface area contributed by atoms with Gasteiger partial charge in [-0.2, -0.15) is 0 Å². The molecular weight excluding hydrogens is 414 g/mol. The van der Waals surface area contributed by atoms with Gasteiger partial charge < -0.3 is 20.1 Å². The van der Waals surface area contributed by atoms with E-state index in [0.717, 1.165) is 47.7 Å². The predicted molar refractivity (Wildman–Crippen MR) is 129 cm³/mol. The van der Waals surface area contributed by atoms with Gasteiger partial charge in [-0.3, -0.25) is 4.79 Å². The van der Waals surface area contributed by atoms with Gasteiger partial charge in [0.2, 0.25) is 0 Å². The Morgan fingerprint density at radius 3 is 2.79 bits per heavy atom. The minimum atomic E-state index is -0.126. The molecule has 1 saturated heterocycles. The Hall–Kier alpha value is -3.94. The molecule has 1 fully saturated rings. The third-order valence-corrected chi connectivity index (χ3v) is 6.36. The van der Waals surface area contributed by atoms with Crippen LogP contribution in [0.1, 0.15) is 35.3 Å². The van der Waals surface area contributed by atoms with Gasteiger partial charge in [-0.25, -0.2) is 15.0 Å². The van der Waals surface area contributed by atoms with Crippen LogP contribution in [0.2, 0.25) is 0 Å². The molecule has 1 amide bonds. The van der Waals surface area contributed by atoms with Crippen LogP contribution in [-0.2, 0) is 0 Å². The zero-order chi connectivity index (χ0) is 22.8. The van der Waals surface area contributed by atoms with Crippen molar-refractivity contribution in [2.45, 2.75) is 25.4 Å². The van der Waals surface area contributed by atoms with Crippen LogP contribution in [0.25, 0.3) is 11.0 Å². The largest absolute Gasteiger partial charge is 0.355 e. The Balaban J connectivity index is 1.23. The molecule has 1 unspecified atom stereocenters. The van der Waals surface area contributed by atoms with E-state index >= 15 is 0 Å². The van der Waals surface area contributed by atoms with Crippen LogP contribution in [0, 0.1) is 0 Å². The third-order valence-electron chi connectivity index (χ3n) is 6.36. The molecule has 2 N–H and O–H groups in total. The molecule has 0 spiro atoms. The van der Waals surface area contributed by atoms with Gasteiger partial charge in [0.05, 0.1) is 17.0 Å². The summed E-state index contributed by atoms with van der Waals surface area (Å²) >= 11 is 0. The zero-order valence-electron chi connectivity index (χ0n) is 18.8. The lowest BCUT2D eigenvalue weighted by molar-refractivity contribution is 0.0939. The Morgan fingerprint density at radius 2 is 2.00 bits per heavy atom. The van der Waals surface area contributed by atoms with E-state index in [9.17, 15) is 4.79 Å². The molecule has 33 heavy (non-hydrogen) atoms. The van der Waals surface area contributed by atoms with E-state index in [-0.39, 0.29) is 11.9 Å². The Morgan fingerprint density at radius 1 is 1.15 bits per heavy atom. The summed E-state index contributed by atoms with van der Waals surface area (Å²) in [5, 5.41) is 4.08. The SMILES string of the molecule is CC(NC(=O)c1ccc(N(C)[C@@H]2CCN(c3ncnc4[nH]ccc34)C2)nc1)c1ccccc1. The Kier molecular flexibility index (Phi) is 5.64. The van der Waals surface area contributed by atoms with Gasteiger partial charge in [-0.15, -0.1) is 0 Å². The van der Waals surface area contributed by atoms with Crippen molar-refractivity contribution >= 4 is 28.6 Å². The van der Waals surface area contributed by atoms with Gasteiger partial charge in [0, 0.05) is 38.6 Å². The number of nitrogens with zero attached hydrogens (tertiary/aromatic N) is 5. The summed E-state index contributed by atoms with van der Waals surface area (Å²) in [6, 6.07) is 15.9. The number of hydrogen-bond acceptors (Lipinski definition) is 6. The molecule has 3 aromatic heterocycles. The van der Waals surface area contributed by atoms with Gasteiger partial charge in [0.25, 0.3) is 5.91 Å². The van der Waals surface area contributed by atoms with E-state index in [0.29, 0.717) is 11.6 Å². The minimum Gasteiger partial charge on any atom is -0.355 e. The quantitative estimate of drug-likeness (QED) is 0.476. The van der Waals surface area contributed by atoms with Gasteiger partial charge in [0.15, 0.2) is 0 Å². The molecule has 2 atom stereocenters. The van der Waals surface area contributed by atoms with E-state index in [1.54, 1.807) is 12.5 Å². The Bertz CT molecular complexity index is 1240. The van der Waals surface area contributed by atoms with Crippen molar-refractivity contribution in [3.63, 3.8) is 0 Å². The Labute approximate surface area is 192 Å². The first-order valence-electron chi connectivity index (χ1n) is 11.2. The number of carbonyl (C=O) groups is 1. The molecule has 1 aromatic carbocycles. The number of anilines is 2. The normalized spacial score (nSPS) is 16.7. The maximum Gasteiger partial charge on any atom is 0.253 e. The lowest BCUT2D eigenvalue weighted by Gasteiger charge is -2.26. The summed E-state index contributed by atoms with van der Waals surface area (Å²) in [7, 11) is 2.06. The number of benzene rings is 1. The molecule has 0 bridgehead atoms. The lowest BCUT2D eigenvalue weighted by atomic mass is 10.1. The van der Waals surface area contributed by atoms with Gasteiger partial charge >= 0.3 is 0 Å². The summed E-state index contributed by atoms with van der Waals surface area (Å²) in [6.07, 6.45) is 6.16. The van der Waals surface area contributed by atoms with Crippen LogP contribution in [0.15, 0.2) is 67.3 Å². The average Bonchev–Trinajstić information content (AvgIpc) is 3.54. The van der Waals surface area contributed by atoms with Crippen LogP contribution in [0.5, 0.6) is 0 Å². The number of likely N-dealkylation sites (N-methyl/N-ethyl adjacent to an activating group) is 1.